The molecule has 0 atom stereocenters. The predicted octanol–water partition coefficient (Wildman–Crippen LogP) is 6.22. The van der Waals surface area contributed by atoms with Crippen LogP contribution in [0.5, 0.6) is 0 Å². The van der Waals surface area contributed by atoms with Gasteiger partial charge in [-0.05, 0) is 62.5 Å². The Morgan fingerprint density at radius 3 is 2.40 bits per heavy atom. The molecule has 0 radical (unpaired) electrons. The molecular formula is C29H29Cl2F3N8O. The lowest BCUT2D eigenvalue weighted by Gasteiger charge is -2.32. The normalized spacial score (nSPS) is 14.7. The van der Waals surface area contributed by atoms with Crippen molar-refractivity contribution in [2.75, 3.05) is 56.9 Å². The first-order valence-corrected chi connectivity index (χ1v) is 14.3. The van der Waals surface area contributed by atoms with Gasteiger partial charge in [0, 0.05) is 49.2 Å². The first kappa shape index (κ1) is 30.7. The van der Waals surface area contributed by atoms with E-state index in [-0.39, 0.29) is 28.5 Å². The molecule has 0 bridgehead atoms. The Hall–Kier alpha value is -3.71. The van der Waals surface area contributed by atoms with Crippen LogP contribution in [0.1, 0.15) is 12.0 Å². The molecule has 1 aliphatic heterocycles. The van der Waals surface area contributed by atoms with Gasteiger partial charge < -0.3 is 26.2 Å². The van der Waals surface area contributed by atoms with Crippen molar-refractivity contribution in [2.45, 2.75) is 12.6 Å². The van der Waals surface area contributed by atoms with E-state index in [2.05, 4.69) is 37.4 Å². The number of urea groups is 1. The Kier molecular flexibility index (Phi) is 9.21. The van der Waals surface area contributed by atoms with Gasteiger partial charge in [0.25, 0.3) is 0 Å². The highest BCUT2D eigenvalue weighted by atomic mass is 35.5. The van der Waals surface area contributed by atoms with Crippen molar-refractivity contribution in [1.82, 2.24) is 24.8 Å². The second-order valence-corrected chi connectivity index (χ2v) is 11.0. The Bertz CT molecular complexity index is 1620. The SMILES string of the molecule is CN1CCN(CCCNc2nc(-c3c(Cl)cccc3Cl)c3ccc(-c4cc(C(F)(F)F)ccc4NC(N)=O)nc3n2)CC1. The number of nitrogens with one attached hydrogen (secondary N) is 2. The fraction of sp³-hybridized carbons (Fsp3) is 0.310. The number of anilines is 2. The lowest BCUT2D eigenvalue weighted by molar-refractivity contribution is -0.137. The van der Waals surface area contributed by atoms with Crippen LogP contribution in [0.4, 0.5) is 29.6 Å². The fourth-order valence-electron chi connectivity index (χ4n) is 4.90. The summed E-state index contributed by atoms with van der Waals surface area (Å²) in [7, 11) is 2.11. The Balaban J connectivity index is 1.54. The largest absolute Gasteiger partial charge is 0.416 e. The summed E-state index contributed by atoms with van der Waals surface area (Å²) in [5.74, 6) is 0.265. The number of likely N-dealkylation sites (N-methyl/N-ethyl adjacent to an activating group) is 1. The van der Waals surface area contributed by atoms with Gasteiger partial charge in [0.2, 0.25) is 5.95 Å². The molecule has 1 aliphatic rings. The Morgan fingerprint density at radius 1 is 1.00 bits per heavy atom. The van der Waals surface area contributed by atoms with E-state index in [4.69, 9.17) is 33.9 Å². The van der Waals surface area contributed by atoms with Gasteiger partial charge in [0.1, 0.15) is 0 Å². The van der Waals surface area contributed by atoms with Crippen molar-refractivity contribution in [3.05, 3.63) is 64.1 Å². The van der Waals surface area contributed by atoms with Gasteiger partial charge in [-0.3, -0.25) is 0 Å². The molecule has 1 saturated heterocycles. The number of benzene rings is 2. The van der Waals surface area contributed by atoms with Crippen LogP contribution in [0.15, 0.2) is 48.5 Å². The van der Waals surface area contributed by atoms with Gasteiger partial charge in [0.05, 0.1) is 32.7 Å². The molecule has 2 aromatic carbocycles. The number of nitrogens with zero attached hydrogens (tertiary/aromatic N) is 5. The average Bonchev–Trinajstić information content (AvgIpc) is 2.95. The van der Waals surface area contributed by atoms with Crippen LogP contribution in [0.2, 0.25) is 10.0 Å². The van der Waals surface area contributed by atoms with E-state index in [0.29, 0.717) is 33.2 Å². The molecule has 226 valence electrons. The number of halogens is 5. The zero-order chi connectivity index (χ0) is 30.7. The second-order valence-electron chi connectivity index (χ2n) is 10.2. The van der Waals surface area contributed by atoms with Crippen LogP contribution < -0.4 is 16.4 Å². The van der Waals surface area contributed by atoms with E-state index in [1.807, 2.05) is 0 Å². The molecule has 14 heteroatoms. The third-order valence-electron chi connectivity index (χ3n) is 7.17. The topological polar surface area (TPSA) is 112 Å². The molecular weight excluding hydrogens is 604 g/mol. The molecule has 2 amide bonds. The molecule has 0 spiro atoms. The van der Waals surface area contributed by atoms with E-state index >= 15 is 0 Å². The van der Waals surface area contributed by atoms with Crippen molar-refractivity contribution in [3.63, 3.8) is 0 Å². The zero-order valence-electron chi connectivity index (χ0n) is 23.2. The van der Waals surface area contributed by atoms with E-state index in [0.717, 1.165) is 57.3 Å². The maximum atomic E-state index is 13.6. The lowest BCUT2D eigenvalue weighted by Crippen LogP contribution is -2.44. The molecule has 0 saturated carbocycles. The maximum Gasteiger partial charge on any atom is 0.416 e. The summed E-state index contributed by atoms with van der Waals surface area (Å²) in [5, 5.41) is 6.84. The quantitative estimate of drug-likeness (QED) is 0.198. The van der Waals surface area contributed by atoms with Crippen LogP contribution in [-0.2, 0) is 6.18 Å². The number of rotatable bonds is 8. The molecule has 0 unspecified atom stereocenters. The predicted molar refractivity (Wildman–Crippen MR) is 163 cm³/mol. The monoisotopic (exact) mass is 632 g/mol. The number of carbonyl (C=O) groups excluding carboxylic acids is 1. The summed E-state index contributed by atoms with van der Waals surface area (Å²) >= 11 is 13.1. The van der Waals surface area contributed by atoms with Crippen molar-refractivity contribution < 1.29 is 18.0 Å². The minimum absolute atomic E-state index is 0.0214. The van der Waals surface area contributed by atoms with Crippen molar-refractivity contribution >= 4 is 51.9 Å². The number of pyridine rings is 1. The van der Waals surface area contributed by atoms with Crippen molar-refractivity contribution in [1.29, 1.82) is 0 Å². The van der Waals surface area contributed by atoms with Crippen LogP contribution in [-0.4, -0.2) is 77.1 Å². The first-order chi connectivity index (χ1) is 20.5. The zero-order valence-corrected chi connectivity index (χ0v) is 24.7. The Morgan fingerprint density at radius 2 is 1.72 bits per heavy atom. The number of alkyl halides is 3. The summed E-state index contributed by atoms with van der Waals surface area (Å²) in [6.45, 7) is 5.55. The number of piperazine rings is 1. The lowest BCUT2D eigenvalue weighted by atomic mass is 10.0. The Labute approximate surface area is 256 Å². The summed E-state index contributed by atoms with van der Waals surface area (Å²) in [6.07, 6.45) is -3.78. The first-order valence-electron chi connectivity index (χ1n) is 13.6. The van der Waals surface area contributed by atoms with Crippen LogP contribution in [0.3, 0.4) is 0 Å². The summed E-state index contributed by atoms with van der Waals surface area (Å²) in [4.78, 5) is 30.2. The average molecular weight is 634 g/mol. The van der Waals surface area contributed by atoms with Crippen molar-refractivity contribution in [2.24, 2.45) is 5.73 Å². The highest BCUT2D eigenvalue weighted by Crippen LogP contribution is 2.39. The summed E-state index contributed by atoms with van der Waals surface area (Å²) in [6, 6.07) is 10.2. The standard InChI is InChI=1S/C29H29Cl2F3N8O/c1-41-12-14-42(15-13-41)11-3-10-36-28-39-25(24-20(30)4-2-5-21(24)31)18-7-9-22(37-26(18)40-28)19-16-17(29(32,33)34)6-8-23(19)38-27(35)43/h2,4-9,16H,3,10-15H2,1H3,(H3,35,38,43)(H,36,37,39,40). The third-order valence-corrected chi connectivity index (χ3v) is 7.80. The van der Waals surface area contributed by atoms with Gasteiger partial charge in [-0.1, -0.05) is 29.3 Å². The molecule has 4 N–H and O–H groups in total. The fourth-order valence-corrected chi connectivity index (χ4v) is 5.48. The number of carbonyl (C=O) groups is 1. The number of fused-ring (bicyclic) bond motifs is 1. The van der Waals surface area contributed by atoms with Gasteiger partial charge in [0.15, 0.2) is 5.65 Å². The number of amides is 2. The van der Waals surface area contributed by atoms with Crippen LogP contribution in [0.25, 0.3) is 33.5 Å². The third kappa shape index (κ3) is 7.27. The number of hydrogen-bond acceptors (Lipinski definition) is 7. The number of nitrogens with two attached hydrogens (primary N) is 1. The molecule has 1 fully saturated rings. The number of primary amides is 1. The molecule has 9 nitrogen and oxygen atoms in total. The highest BCUT2D eigenvalue weighted by Gasteiger charge is 2.31. The van der Waals surface area contributed by atoms with E-state index in [1.54, 1.807) is 24.3 Å². The highest BCUT2D eigenvalue weighted by molar-refractivity contribution is 6.39. The van der Waals surface area contributed by atoms with E-state index < -0.39 is 17.8 Å². The van der Waals surface area contributed by atoms with Crippen LogP contribution >= 0.6 is 23.2 Å². The summed E-state index contributed by atoms with van der Waals surface area (Å²) < 4.78 is 40.8. The smallest absolute Gasteiger partial charge is 0.354 e. The van der Waals surface area contributed by atoms with Crippen molar-refractivity contribution in [3.8, 4) is 22.5 Å². The van der Waals surface area contributed by atoms with Gasteiger partial charge in [-0.15, -0.1) is 0 Å². The molecule has 4 aromatic rings. The minimum Gasteiger partial charge on any atom is -0.354 e. The maximum absolute atomic E-state index is 13.6. The van der Waals surface area contributed by atoms with E-state index in [1.165, 1.54) is 6.07 Å². The van der Waals surface area contributed by atoms with Gasteiger partial charge >= 0.3 is 12.2 Å². The second kappa shape index (κ2) is 12.9. The molecule has 5 rings (SSSR count). The summed E-state index contributed by atoms with van der Waals surface area (Å²) in [5.41, 5.74) is 5.69. The molecule has 2 aromatic heterocycles. The van der Waals surface area contributed by atoms with Crippen LogP contribution in [0, 0.1) is 0 Å². The number of aromatic nitrogens is 3. The molecule has 43 heavy (non-hydrogen) atoms. The molecule has 3 heterocycles. The molecule has 0 aliphatic carbocycles. The van der Waals surface area contributed by atoms with Gasteiger partial charge in [-0.2, -0.15) is 18.2 Å². The van der Waals surface area contributed by atoms with E-state index in [9.17, 15) is 18.0 Å². The van der Waals surface area contributed by atoms with Gasteiger partial charge in [-0.25, -0.2) is 14.8 Å². The minimum atomic E-state index is -4.62. The number of hydrogen-bond donors (Lipinski definition) is 3.